The lowest BCUT2D eigenvalue weighted by Crippen LogP contribution is -2.18. The number of aliphatic carboxylic acids is 1. The van der Waals surface area contributed by atoms with E-state index in [4.69, 9.17) is 5.11 Å². The Kier molecular flexibility index (Phi) is 5.37. The highest BCUT2D eigenvalue weighted by Crippen LogP contribution is 2.26. The van der Waals surface area contributed by atoms with Crippen LogP contribution in [0.3, 0.4) is 0 Å². The molecule has 2 rings (SSSR count). The molecule has 0 heterocycles. The van der Waals surface area contributed by atoms with Gasteiger partial charge in [0.1, 0.15) is 0 Å². The van der Waals surface area contributed by atoms with Crippen molar-refractivity contribution in [2.75, 3.05) is 5.32 Å². The first-order valence-corrected chi connectivity index (χ1v) is 7.69. The maximum Gasteiger partial charge on any atom is 0.310 e. The third-order valence-corrected chi connectivity index (χ3v) is 4.26. The molecule has 1 fully saturated rings. The first kappa shape index (κ1) is 15.5. The van der Waals surface area contributed by atoms with E-state index < -0.39 is 11.9 Å². The molecular formula is C17H23NO3. The van der Waals surface area contributed by atoms with Gasteiger partial charge in [0.2, 0.25) is 5.91 Å². The van der Waals surface area contributed by atoms with Crippen LogP contribution in [-0.2, 0) is 9.59 Å². The van der Waals surface area contributed by atoms with Crippen molar-refractivity contribution in [2.24, 2.45) is 5.92 Å². The van der Waals surface area contributed by atoms with E-state index in [1.807, 2.05) is 0 Å². The van der Waals surface area contributed by atoms with Crippen LogP contribution in [0.25, 0.3) is 0 Å². The smallest absolute Gasteiger partial charge is 0.310 e. The largest absolute Gasteiger partial charge is 0.481 e. The molecule has 1 amide bonds. The van der Waals surface area contributed by atoms with Gasteiger partial charge in [0.05, 0.1) is 5.92 Å². The summed E-state index contributed by atoms with van der Waals surface area (Å²) in [5, 5.41) is 11.9. The minimum Gasteiger partial charge on any atom is -0.481 e. The quantitative estimate of drug-likeness (QED) is 0.866. The molecular weight excluding hydrogens is 266 g/mol. The molecule has 1 aromatic rings. The zero-order valence-corrected chi connectivity index (χ0v) is 12.5. The fraction of sp³-hybridized carbons (Fsp3) is 0.529. The Morgan fingerprint density at radius 3 is 2.38 bits per heavy atom. The van der Waals surface area contributed by atoms with Crippen LogP contribution in [-0.4, -0.2) is 17.0 Å². The average molecular weight is 289 g/mol. The average Bonchev–Trinajstić information content (AvgIpc) is 2.48. The molecule has 4 heteroatoms. The maximum absolute atomic E-state index is 12.0. The molecule has 1 aliphatic rings. The molecule has 4 nitrogen and oxygen atoms in total. The zero-order chi connectivity index (χ0) is 15.2. The van der Waals surface area contributed by atoms with Gasteiger partial charge in [0, 0.05) is 12.1 Å². The summed E-state index contributed by atoms with van der Waals surface area (Å²) in [6.07, 6.45) is 6.67. The lowest BCUT2D eigenvalue weighted by molar-refractivity contribution is -0.138. The molecule has 0 aliphatic heterocycles. The van der Waals surface area contributed by atoms with Gasteiger partial charge in [-0.05, 0) is 43.4 Å². The molecule has 0 saturated heterocycles. The molecule has 0 radical (unpaired) electrons. The van der Waals surface area contributed by atoms with Crippen LogP contribution in [0.4, 0.5) is 5.69 Å². The van der Waals surface area contributed by atoms with E-state index in [-0.39, 0.29) is 5.91 Å². The topological polar surface area (TPSA) is 66.4 Å². The van der Waals surface area contributed by atoms with Gasteiger partial charge in [-0.25, -0.2) is 0 Å². The monoisotopic (exact) mass is 289 g/mol. The second-order valence-electron chi connectivity index (χ2n) is 5.94. The van der Waals surface area contributed by atoms with Gasteiger partial charge in [-0.1, -0.05) is 31.4 Å². The lowest BCUT2D eigenvalue weighted by Gasteiger charge is -2.20. The molecule has 1 aliphatic carbocycles. The van der Waals surface area contributed by atoms with E-state index in [9.17, 15) is 9.59 Å². The summed E-state index contributed by atoms with van der Waals surface area (Å²) in [7, 11) is 0. The molecule has 1 atom stereocenters. The van der Waals surface area contributed by atoms with Gasteiger partial charge >= 0.3 is 5.97 Å². The van der Waals surface area contributed by atoms with Gasteiger partial charge in [-0.15, -0.1) is 0 Å². The number of hydrogen-bond acceptors (Lipinski definition) is 2. The van der Waals surface area contributed by atoms with Crippen LogP contribution in [0.1, 0.15) is 56.9 Å². The fourth-order valence-electron chi connectivity index (χ4n) is 2.86. The second-order valence-corrected chi connectivity index (χ2v) is 5.94. The van der Waals surface area contributed by atoms with E-state index in [1.165, 1.54) is 19.3 Å². The predicted octanol–water partition coefficient (Wildman–Crippen LogP) is 3.78. The third kappa shape index (κ3) is 4.59. The lowest BCUT2D eigenvalue weighted by atomic mass is 9.87. The zero-order valence-electron chi connectivity index (χ0n) is 12.5. The number of anilines is 1. The number of carbonyl (C=O) groups is 2. The number of carboxylic acids is 1. The highest BCUT2D eigenvalue weighted by Gasteiger charge is 2.17. The Morgan fingerprint density at radius 1 is 1.19 bits per heavy atom. The van der Waals surface area contributed by atoms with Gasteiger partial charge in [-0.2, -0.15) is 0 Å². The van der Waals surface area contributed by atoms with Gasteiger partial charge < -0.3 is 10.4 Å². The summed E-state index contributed by atoms with van der Waals surface area (Å²) in [5.74, 6) is -0.799. The maximum atomic E-state index is 12.0. The summed E-state index contributed by atoms with van der Waals surface area (Å²) in [6, 6.07) is 7.06. The molecule has 21 heavy (non-hydrogen) atoms. The molecule has 0 aromatic heterocycles. The van der Waals surface area contributed by atoms with Gasteiger partial charge in [0.25, 0.3) is 0 Å². The summed E-state index contributed by atoms with van der Waals surface area (Å²) in [5.41, 5.74) is 1.48. The number of amides is 1. The molecule has 0 bridgehead atoms. The van der Waals surface area contributed by atoms with Crippen molar-refractivity contribution >= 4 is 17.6 Å². The number of nitrogens with one attached hydrogen (secondary N) is 1. The minimum atomic E-state index is -0.843. The number of carbonyl (C=O) groups excluding carboxylic acids is 1. The Bertz CT molecular complexity index is 489. The van der Waals surface area contributed by atoms with E-state index in [0.29, 0.717) is 12.3 Å². The second kappa shape index (κ2) is 7.25. The Hall–Kier alpha value is -1.84. The highest BCUT2D eigenvalue weighted by atomic mass is 16.4. The highest BCUT2D eigenvalue weighted by molar-refractivity contribution is 5.90. The molecule has 1 aromatic carbocycles. The van der Waals surface area contributed by atoms with Crippen molar-refractivity contribution in [2.45, 2.75) is 51.4 Å². The van der Waals surface area contributed by atoms with Crippen molar-refractivity contribution in [3.8, 4) is 0 Å². The Morgan fingerprint density at radius 2 is 1.81 bits per heavy atom. The van der Waals surface area contributed by atoms with Crippen LogP contribution in [0.2, 0.25) is 0 Å². The molecule has 1 unspecified atom stereocenters. The number of carboxylic acid groups (broad SMARTS) is 1. The van der Waals surface area contributed by atoms with Crippen LogP contribution in [0.15, 0.2) is 24.3 Å². The summed E-state index contributed by atoms with van der Waals surface area (Å²) in [4.78, 5) is 22.9. The van der Waals surface area contributed by atoms with Crippen molar-refractivity contribution in [3.05, 3.63) is 29.8 Å². The van der Waals surface area contributed by atoms with Crippen LogP contribution in [0, 0.1) is 5.92 Å². The van der Waals surface area contributed by atoms with Crippen LogP contribution >= 0.6 is 0 Å². The molecule has 114 valence electrons. The van der Waals surface area contributed by atoms with Crippen LogP contribution in [0.5, 0.6) is 0 Å². The van der Waals surface area contributed by atoms with Crippen molar-refractivity contribution < 1.29 is 14.7 Å². The number of rotatable bonds is 5. The fourth-order valence-corrected chi connectivity index (χ4v) is 2.86. The summed E-state index contributed by atoms with van der Waals surface area (Å²) >= 11 is 0. The van der Waals surface area contributed by atoms with Crippen molar-refractivity contribution in [1.29, 1.82) is 0 Å². The van der Waals surface area contributed by atoms with Crippen molar-refractivity contribution in [1.82, 2.24) is 0 Å². The first-order valence-electron chi connectivity index (χ1n) is 7.69. The van der Waals surface area contributed by atoms with Crippen LogP contribution < -0.4 is 5.32 Å². The minimum absolute atomic E-state index is 0.0564. The Labute approximate surface area is 125 Å². The van der Waals surface area contributed by atoms with E-state index in [1.54, 1.807) is 31.2 Å². The van der Waals surface area contributed by atoms with Gasteiger partial charge in [0.15, 0.2) is 0 Å². The first-order chi connectivity index (χ1) is 10.1. The predicted molar refractivity (Wildman–Crippen MR) is 82.3 cm³/mol. The Balaban J connectivity index is 1.87. The summed E-state index contributed by atoms with van der Waals surface area (Å²) in [6.45, 7) is 1.65. The molecule has 0 spiro atoms. The molecule has 2 N–H and O–H groups in total. The van der Waals surface area contributed by atoms with E-state index in [2.05, 4.69) is 5.32 Å². The number of benzene rings is 1. The number of hydrogen-bond donors (Lipinski definition) is 2. The van der Waals surface area contributed by atoms with E-state index >= 15 is 0 Å². The van der Waals surface area contributed by atoms with Gasteiger partial charge in [-0.3, -0.25) is 9.59 Å². The SMILES string of the molecule is CC(C(=O)O)c1ccc(NC(=O)CC2CCCCC2)cc1. The third-order valence-electron chi connectivity index (χ3n) is 4.26. The summed E-state index contributed by atoms with van der Waals surface area (Å²) < 4.78 is 0. The standard InChI is InChI=1S/C17H23NO3/c1-12(17(20)21)14-7-9-15(10-8-14)18-16(19)11-13-5-3-2-4-6-13/h7-10,12-13H,2-6,11H2,1H3,(H,18,19)(H,20,21). The normalized spacial score (nSPS) is 17.2. The molecule has 1 saturated carbocycles. The van der Waals surface area contributed by atoms with Crippen molar-refractivity contribution in [3.63, 3.8) is 0 Å². The van der Waals surface area contributed by atoms with E-state index in [0.717, 1.165) is 24.1 Å².